The molecule has 1 aromatic carbocycles. The van der Waals surface area contributed by atoms with Crippen LogP contribution >= 0.6 is 0 Å². The Morgan fingerprint density at radius 1 is 1.40 bits per heavy atom. The number of nitrogens with zero attached hydrogens (tertiary/aromatic N) is 3. The van der Waals surface area contributed by atoms with Gasteiger partial charge in [0.05, 0.1) is 36.6 Å². The van der Waals surface area contributed by atoms with Crippen LogP contribution in [0.4, 0.5) is 5.82 Å². The van der Waals surface area contributed by atoms with Crippen molar-refractivity contribution in [2.75, 3.05) is 12.8 Å². The standard InChI is InChI=1S/C18H22N4O3/c1-18(2,24)9-22-10-20-15-16(22)12-6-4-11(5-7-14(23)25-3)8-13(12)21-17(15)19/h4,6,8,10,24H,5,7,9H2,1-3H3,(H2,19,21). The number of methoxy groups -OCH3 is 1. The molecular formula is C18H22N4O3. The van der Waals surface area contributed by atoms with Gasteiger partial charge < -0.3 is 20.1 Å². The Labute approximate surface area is 145 Å². The molecule has 0 bridgehead atoms. The van der Waals surface area contributed by atoms with Crippen LogP contribution in [-0.4, -0.2) is 38.3 Å². The first-order valence-electron chi connectivity index (χ1n) is 8.10. The third-order valence-corrected chi connectivity index (χ3v) is 4.04. The van der Waals surface area contributed by atoms with Gasteiger partial charge in [0.1, 0.15) is 5.52 Å². The number of hydrogen-bond donors (Lipinski definition) is 2. The molecule has 0 radical (unpaired) electrons. The summed E-state index contributed by atoms with van der Waals surface area (Å²) < 4.78 is 6.57. The predicted molar refractivity (Wildman–Crippen MR) is 96.1 cm³/mol. The molecular weight excluding hydrogens is 320 g/mol. The number of aryl methyl sites for hydroxylation is 1. The third kappa shape index (κ3) is 3.56. The zero-order valence-electron chi connectivity index (χ0n) is 14.6. The maximum absolute atomic E-state index is 11.3. The van der Waals surface area contributed by atoms with Gasteiger partial charge in [-0.25, -0.2) is 9.97 Å². The highest BCUT2D eigenvalue weighted by molar-refractivity contribution is 6.06. The highest BCUT2D eigenvalue weighted by atomic mass is 16.5. The average Bonchev–Trinajstić information content (AvgIpc) is 2.95. The summed E-state index contributed by atoms with van der Waals surface area (Å²) >= 11 is 0. The van der Waals surface area contributed by atoms with Gasteiger partial charge in [0.2, 0.25) is 0 Å². The number of ether oxygens (including phenoxy) is 1. The van der Waals surface area contributed by atoms with Crippen LogP contribution in [0.3, 0.4) is 0 Å². The number of rotatable bonds is 5. The van der Waals surface area contributed by atoms with Crippen molar-refractivity contribution >= 4 is 33.7 Å². The van der Waals surface area contributed by atoms with Crippen molar-refractivity contribution in [1.29, 1.82) is 0 Å². The van der Waals surface area contributed by atoms with Crippen LogP contribution in [0, 0.1) is 0 Å². The van der Waals surface area contributed by atoms with Crippen molar-refractivity contribution in [2.24, 2.45) is 0 Å². The van der Waals surface area contributed by atoms with E-state index >= 15 is 0 Å². The fraction of sp³-hybridized carbons (Fsp3) is 0.389. The molecule has 0 saturated carbocycles. The van der Waals surface area contributed by atoms with E-state index in [0.29, 0.717) is 30.7 Å². The highest BCUT2D eigenvalue weighted by Crippen LogP contribution is 2.29. The van der Waals surface area contributed by atoms with Crippen LogP contribution in [0.15, 0.2) is 24.5 Å². The molecule has 0 unspecified atom stereocenters. The molecule has 3 N–H and O–H groups in total. The summed E-state index contributed by atoms with van der Waals surface area (Å²) in [7, 11) is 1.38. The quantitative estimate of drug-likeness (QED) is 0.688. The van der Waals surface area contributed by atoms with Gasteiger partial charge in [-0.3, -0.25) is 4.79 Å². The van der Waals surface area contributed by atoms with E-state index in [1.165, 1.54) is 7.11 Å². The number of aliphatic hydroxyl groups is 1. The minimum atomic E-state index is -0.877. The monoisotopic (exact) mass is 342 g/mol. The van der Waals surface area contributed by atoms with Gasteiger partial charge in [-0.05, 0) is 31.9 Å². The predicted octanol–water partition coefficient (Wildman–Crippen LogP) is 2.04. The Morgan fingerprint density at radius 3 is 2.84 bits per heavy atom. The van der Waals surface area contributed by atoms with Gasteiger partial charge >= 0.3 is 5.97 Å². The SMILES string of the molecule is COC(=O)CCc1ccc2c(c1)nc(N)c1ncn(CC(C)(C)O)c12. The van der Waals surface area contributed by atoms with Crippen molar-refractivity contribution in [2.45, 2.75) is 38.8 Å². The Balaban J connectivity index is 2.08. The van der Waals surface area contributed by atoms with Crippen molar-refractivity contribution in [3.63, 3.8) is 0 Å². The van der Waals surface area contributed by atoms with E-state index in [-0.39, 0.29) is 5.97 Å². The molecule has 7 nitrogen and oxygen atoms in total. The number of benzene rings is 1. The topological polar surface area (TPSA) is 103 Å². The zero-order valence-corrected chi connectivity index (χ0v) is 14.6. The van der Waals surface area contributed by atoms with E-state index in [2.05, 4.69) is 14.7 Å². The summed E-state index contributed by atoms with van der Waals surface area (Å²) in [4.78, 5) is 20.1. The molecule has 0 aliphatic heterocycles. The second-order valence-corrected chi connectivity index (χ2v) is 6.81. The lowest BCUT2D eigenvalue weighted by atomic mass is 10.1. The molecule has 2 heterocycles. The lowest BCUT2D eigenvalue weighted by Gasteiger charge is -2.18. The molecule has 132 valence electrons. The second kappa shape index (κ2) is 6.33. The van der Waals surface area contributed by atoms with Crippen LogP contribution in [0.5, 0.6) is 0 Å². The number of pyridine rings is 1. The van der Waals surface area contributed by atoms with Crippen LogP contribution in [0.1, 0.15) is 25.8 Å². The van der Waals surface area contributed by atoms with Crippen molar-refractivity contribution in [3.05, 3.63) is 30.1 Å². The summed E-state index contributed by atoms with van der Waals surface area (Å²) in [6, 6.07) is 5.85. The molecule has 0 aliphatic carbocycles. The van der Waals surface area contributed by atoms with Gasteiger partial charge in [0, 0.05) is 11.8 Å². The van der Waals surface area contributed by atoms with Crippen molar-refractivity contribution < 1.29 is 14.6 Å². The molecule has 2 aromatic heterocycles. The van der Waals surface area contributed by atoms with Crippen LogP contribution in [-0.2, 0) is 22.5 Å². The van der Waals surface area contributed by atoms with Crippen molar-refractivity contribution in [3.8, 4) is 0 Å². The summed E-state index contributed by atoms with van der Waals surface area (Å²) in [5.41, 5.74) is 8.39. The number of fused-ring (bicyclic) bond motifs is 3. The number of anilines is 1. The summed E-state index contributed by atoms with van der Waals surface area (Å²) in [5.74, 6) is 0.105. The van der Waals surface area contributed by atoms with E-state index in [1.54, 1.807) is 20.2 Å². The molecule has 7 heteroatoms. The number of esters is 1. The molecule has 0 amide bonds. The minimum absolute atomic E-state index is 0.244. The molecule has 0 spiro atoms. The maximum Gasteiger partial charge on any atom is 0.305 e. The smallest absolute Gasteiger partial charge is 0.305 e. The second-order valence-electron chi connectivity index (χ2n) is 6.81. The van der Waals surface area contributed by atoms with Gasteiger partial charge in [0.25, 0.3) is 0 Å². The highest BCUT2D eigenvalue weighted by Gasteiger charge is 2.18. The third-order valence-electron chi connectivity index (χ3n) is 4.04. The Morgan fingerprint density at radius 2 is 2.16 bits per heavy atom. The number of hydrogen-bond acceptors (Lipinski definition) is 6. The van der Waals surface area contributed by atoms with E-state index in [1.807, 2.05) is 22.8 Å². The van der Waals surface area contributed by atoms with Crippen LogP contribution < -0.4 is 5.73 Å². The van der Waals surface area contributed by atoms with Crippen molar-refractivity contribution in [1.82, 2.24) is 14.5 Å². The van der Waals surface area contributed by atoms with Crippen LogP contribution in [0.2, 0.25) is 0 Å². The van der Waals surface area contributed by atoms with E-state index < -0.39 is 5.60 Å². The average molecular weight is 342 g/mol. The zero-order chi connectivity index (χ0) is 18.2. The summed E-state index contributed by atoms with van der Waals surface area (Å²) in [6.07, 6.45) is 2.56. The maximum atomic E-state index is 11.3. The number of carbonyl (C=O) groups excluding carboxylic acids is 1. The van der Waals surface area contributed by atoms with Gasteiger partial charge in [-0.1, -0.05) is 12.1 Å². The first-order valence-corrected chi connectivity index (χ1v) is 8.10. The fourth-order valence-electron chi connectivity index (χ4n) is 2.95. The Kier molecular flexibility index (Phi) is 4.34. The van der Waals surface area contributed by atoms with Gasteiger partial charge in [-0.2, -0.15) is 0 Å². The normalized spacial score (nSPS) is 12.0. The molecule has 3 rings (SSSR count). The van der Waals surface area contributed by atoms with E-state index in [9.17, 15) is 9.90 Å². The van der Waals surface area contributed by atoms with Gasteiger partial charge in [0.15, 0.2) is 5.82 Å². The Hall–Kier alpha value is -2.67. The first-order chi connectivity index (χ1) is 11.8. The minimum Gasteiger partial charge on any atom is -0.469 e. The number of aromatic nitrogens is 3. The Bertz CT molecular complexity index is 941. The molecule has 0 aliphatic rings. The van der Waals surface area contributed by atoms with E-state index in [0.717, 1.165) is 22.0 Å². The molecule has 3 aromatic rings. The summed E-state index contributed by atoms with van der Waals surface area (Å²) in [6.45, 7) is 3.89. The van der Waals surface area contributed by atoms with E-state index in [4.69, 9.17) is 5.73 Å². The molecule has 0 saturated heterocycles. The molecule has 25 heavy (non-hydrogen) atoms. The lowest BCUT2D eigenvalue weighted by Crippen LogP contribution is -2.25. The number of carbonyl (C=O) groups is 1. The molecule has 0 atom stereocenters. The van der Waals surface area contributed by atoms with Crippen LogP contribution in [0.25, 0.3) is 21.9 Å². The number of imidazole rings is 1. The lowest BCUT2D eigenvalue weighted by molar-refractivity contribution is -0.140. The number of nitrogens with two attached hydrogens (primary N) is 1. The largest absolute Gasteiger partial charge is 0.469 e. The fourth-order valence-corrected chi connectivity index (χ4v) is 2.95. The first kappa shape index (κ1) is 17.2. The van der Waals surface area contributed by atoms with Gasteiger partial charge in [-0.15, -0.1) is 0 Å². The number of nitrogen functional groups attached to an aromatic ring is 1. The molecule has 0 fully saturated rings. The summed E-state index contributed by atoms with van der Waals surface area (Å²) in [5, 5.41) is 11.1.